The van der Waals surface area contributed by atoms with Crippen LogP contribution in [0.2, 0.25) is 0 Å². The predicted octanol–water partition coefficient (Wildman–Crippen LogP) is 2.84. The number of halogens is 3. The van der Waals surface area contributed by atoms with Gasteiger partial charge in [0, 0.05) is 30.1 Å². The molecule has 0 radical (unpaired) electrons. The summed E-state index contributed by atoms with van der Waals surface area (Å²) in [4.78, 5) is 12.3. The molecule has 0 saturated heterocycles. The van der Waals surface area contributed by atoms with Crippen LogP contribution in [-0.4, -0.2) is 24.0 Å². The molecule has 0 aliphatic rings. The van der Waals surface area contributed by atoms with Crippen LogP contribution in [0.4, 0.5) is 13.2 Å². The number of pyridine rings is 1. The van der Waals surface area contributed by atoms with Crippen LogP contribution in [0.3, 0.4) is 0 Å². The Labute approximate surface area is 124 Å². The summed E-state index contributed by atoms with van der Waals surface area (Å²) in [6.45, 7) is -1.22. The van der Waals surface area contributed by atoms with Crippen molar-refractivity contribution in [1.82, 2.24) is 4.57 Å². The van der Waals surface area contributed by atoms with Crippen molar-refractivity contribution in [2.24, 2.45) is 0 Å². The van der Waals surface area contributed by atoms with Gasteiger partial charge in [-0.25, -0.2) is 0 Å². The zero-order valence-electron chi connectivity index (χ0n) is 11.6. The number of alkyl halides is 3. The number of ether oxygens (including phenoxy) is 1. The standard InChI is InChI=1S/C15H13F3N2O2/c16-15(17,18)10-22-7-3-6-20-9-11(8-19)12-4-1-2-5-13(12)14(20)21/h1-2,4-5,9H,3,6-7,10H2. The molecule has 4 nitrogen and oxygen atoms in total. The fourth-order valence-electron chi connectivity index (χ4n) is 2.12. The van der Waals surface area contributed by atoms with Crippen molar-refractivity contribution >= 4 is 10.8 Å². The van der Waals surface area contributed by atoms with E-state index in [9.17, 15) is 18.0 Å². The topological polar surface area (TPSA) is 55.0 Å². The minimum atomic E-state index is -4.35. The lowest BCUT2D eigenvalue weighted by Gasteiger charge is -2.10. The number of nitriles is 1. The van der Waals surface area contributed by atoms with Gasteiger partial charge < -0.3 is 9.30 Å². The van der Waals surface area contributed by atoms with Crippen molar-refractivity contribution in [1.29, 1.82) is 5.26 Å². The van der Waals surface area contributed by atoms with Crippen molar-refractivity contribution in [3.05, 3.63) is 46.4 Å². The molecule has 1 aromatic carbocycles. The second-order valence-corrected chi connectivity index (χ2v) is 4.72. The van der Waals surface area contributed by atoms with E-state index in [2.05, 4.69) is 4.74 Å². The van der Waals surface area contributed by atoms with Crippen LogP contribution >= 0.6 is 0 Å². The summed E-state index contributed by atoms with van der Waals surface area (Å²) in [5.74, 6) is 0. The zero-order chi connectivity index (χ0) is 16.2. The highest BCUT2D eigenvalue weighted by atomic mass is 19.4. The summed E-state index contributed by atoms with van der Waals surface area (Å²) in [6.07, 6.45) is -2.68. The summed E-state index contributed by atoms with van der Waals surface area (Å²) >= 11 is 0. The second kappa shape index (κ2) is 6.62. The van der Waals surface area contributed by atoms with E-state index in [1.165, 1.54) is 10.8 Å². The van der Waals surface area contributed by atoms with Gasteiger partial charge in [0.15, 0.2) is 0 Å². The number of nitrogens with zero attached hydrogens (tertiary/aromatic N) is 2. The Kier molecular flexibility index (Phi) is 4.83. The molecule has 7 heteroatoms. The molecule has 0 unspecified atom stereocenters. The Morgan fingerprint density at radius 1 is 1.23 bits per heavy atom. The molecule has 0 spiro atoms. The summed E-state index contributed by atoms with van der Waals surface area (Å²) in [6, 6.07) is 8.76. The Hall–Kier alpha value is -2.33. The predicted molar refractivity (Wildman–Crippen MR) is 74.4 cm³/mol. The van der Waals surface area contributed by atoms with Crippen LogP contribution in [-0.2, 0) is 11.3 Å². The first kappa shape index (κ1) is 16.0. The van der Waals surface area contributed by atoms with Crippen molar-refractivity contribution in [3.8, 4) is 6.07 Å². The van der Waals surface area contributed by atoms with Gasteiger partial charge in [0.05, 0.1) is 5.56 Å². The quantitative estimate of drug-likeness (QED) is 0.798. The zero-order valence-corrected chi connectivity index (χ0v) is 11.6. The van der Waals surface area contributed by atoms with Gasteiger partial charge in [-0.15, -0.1) is 0 Å². The fourth-order valence-corrected chi connectivity index (χ4v) is 2.12. The van der Waals surface area contributed by atoms with Gasteiger partial charge in [0.2, 0.25) is 0 Å². The Bertz CT molecular complexity index is 760. The molecule has 116 valence electrons. The highest BCUT2D eigenvalue weighted by Crippen LogP contribution is 2.15. The lowest BCUT2D eigenvalue weighted by Crippen LogP contribution is -2.22. The van der Waals surface area contributed by atoms with Gasteiger partial charge >= 0.3 is 6.18 Å². The summed E-state index contributed by atoms with van der Waals surface area (Å²) in [5, 5.41) is 10.1. The Balaban J connectivity index is 2.11. The molecule has 0 aliphatic heterocycles. The van der Waals surface area contributed by atoms with E-state index in [0.717, 1.165) is 0 Å². The maximum absolute atomic E-state index is 12.3. The highest BCUT2D eigenvalue weighted by molar-refractivity contribution is 5.86. The molecule has 0 saturated carbocycles. The van der Waals surface area contributed by atoms with E-state index >= 15 is 0 Å². The van der Waals surface area contributed by atoms with E-state index in [0.29, 0.717) is 16.3 Å². The van der Waals surface area contributed by atoms with E-state index in [1.807, 2.05) is 6.07 Å². The summed E-state index contributed by atoms with van der Waals surface area (Å²) < 4.78 is 41.6. The van der Waals surface area contributed by atoms with Gasteiger partial charge in [0.25, 0.3) is 5.56 Å². The third-order valence-electron chi connectivity index (χ3n) is 3.07. The molecule has 0 fully saturated rings. The Morgan fingerprint density at radius 3 is 2.55 bits per heavy atom. The molecule has 1 heterocycles. The maximum Gasteiger partial charge on any atom is 0.411 e. The third kappa shape index (κ3) is 3.86. The second-order valence-electron chi connectivity index (χ2n) is 4.72. The molecule has 0 aliphatic carbocycles. The smallest absolute Gasteiger partial charge is 0.372 e. The molecule has 0 N–H and O–H groups in total. The lowest BCUT2D eigenvalue weighted by molar-refractivity contribution is -0.174. The van der Waals surface area contributed by atoms with Crippen LogP contribution < -0.4 is 5.56 Å². The van der Waals surface area contributed by atoms with Crippen LogP contribution in [0.15, 0.2) is 35.3 Å². The van der Waals surface area contributed by atoms with Crippen molar-refractivity contribution in [3.63, 3.8) is 0 Å². The number of rotatable bonds is 5. The van der Waals surface area contributed by atoms with Gasteiger partial charge in [-0.05, 0) is 12.5 Å². The van der Waals surface area contributed by atoms with Gasteiger partial charge in [0.1, 0.15) is 12.7 Å². The van der Waals surface area contributed by atoms with Crippen LogP contribution in [0, 0.1) is 11.3 Å². The normalized spacial score (nSPS) is 11.5. The average molecular weight is 310 g/mol. The molecular weight excluding hydrogens is 297 g/mol. The van der Waals surface area contributed by atoms with Crippen molar-refractivity contribution in [2.75, 3.05) is 13.2 Å². The number of hydrogen-bond donors (Lipinski definition) is 0. The van der Waals surface area contributed by atoms with Crippen LogP contribution in [0.1, 0.15) is 12.0 Å². The molecular formula is C15H13F3N2O2. The molecule has 0 bridgehead atoms. The maximum atomic E-state index is 12.3. The summed E-state index contributed by atoms with van der Waals surface area (Å²) in [5.41, 5.74) is 0.0804. The first-order valence-electron chi connectivity index (χ1n) is 6.59. The number of aromatic nitrogens is 1. The Morgan fingerprint density at radius 2 is 1.91 bits per heavy atom. The summed E-state index contributed by atoms with van der Waals surface area (Å²) in [7, 11) is 0. The highest BCUT2D eigenvalue weighted by Gasteiger charge is 2.27. The molecule has 2 rings (SSSR count). The van der Waals surface area contributed by atoms with Gasteiger partial charge in [-0.1, -0.05) is 18.2 Å². The number of benzene rings is 1. The molecule has 2 aromatic rings. The van der Waals surface area contributed by atoms with E-state index in [-0.39, 0.29) is 25.1 Å². The largest absolute Gasteiger partial charge is 0.411 e. The minimum Gasteiger partial charge on any atom is -0.372 e. The first-order valence-corrected chi connectivity index (χ1v) is 6.59. The monoisotopic (exact) mass is 310 g/mol. The van der Waals surface area contributed by atoms with Crippen molar-refractivity contribution in [2.45, 2.75) is 19.1 Å². The van der Waals surface area contributed by atoms with Crippen LogP contribution in [0.25, 0.3) is 10.8 Å². The molecule has 22 heavy (non-hydrogen) atoms. The average Bonchev–Trinajstić information content (AvgIpc) is 2.48. The number of hydrogen-bond acceptors (Lipinski definition) is 3. The third-order valence-corrected chi connectivity index (χ3v) is 3.07. The molecule has 0 atom stereocenters. The fraction of sp³-hybridized carbons (Fsp3) is 0.333. The van der Waals surface area contributed by atoms with Crippen LogP contribution in [0.5, 0.6) is 0 Å². The minimum absolute atomic E-state index is 0.110. The first-order chi connectivity index (χ1) is 10.4. The lowest BCUT2D eigenvalue weighted by atomic mass is 10.1. The van der Waals surface area contributed by atoms with E-state index < -0.39 is 12.8 Å². The van der Waals surface area contributed by atoms with Gasteiger partial charge in [-0.2, -0.15) is 18.4 Å². The molecule has 0 amide bonds. The van der Waals surface area contributed by atoms with E-state index in [4.69, 9.17) is 5.26 Å². The van der Waals surface area contributed by atoms with E-state index in [1.54, 1.807) is 24.3 Å². The number of fused-ring (bicyclic) bond motifs is 1. The van der Waals surface area contributed by atoms with Crippen molar-refractivity contribution < 1.29 is 17.9 Å². The van der Waals surface area contributed by atoms with Gasteiger partial charge in [-0.3, -0.25) is 4.79 Å². The number of aryl methyl sites for hydroxylation is 1. The molecule has 1 aromatic heterocycles. The SMILES string of the molecule is N#Cc1cn(CCCOCC(F)(F)F)c(=O)c2ccccc12.